The molecule has 0 saturated carbocycles. The first-order valence-electron chi connectivity index (χ1n) is 3.56. The quantitative estimate of drug-likeness (QED) is 0.463. The van der Waals surface area contributed by atoms with E-state index in [0.717, 1.165) is 6.08 Å². The zero-order chi connectivity index (χ0) is 9.94. The Labute approximate surface area is 71.5 Å². The number of rotatable bonds is 4. The normalized spacial score (nSPS) is 10.6. The summed E-state index contributed by atoms with van der Waals surface area (Å²) in [5, 5.41) is 0. The van der Waals surface area contributed by atoms with Crippen molar-refractivity contribution in [3.8, 4) is 0 Å². The average molecular weight is 168 g/mol. The smallest absolute Gasteiger partial charge is 0.175 e. The number of carbonyl (C=O) groups is 3. The summed E-state index contributed by atoms with van der Waals surface area (Å²) in [5.41, 5.74) is -1.53. The molecule has 0 bridgehead atoms. The maximum Gasteiger partial charge on any atom is 0.175 e. The first kappa shape index (κ1) is 10.8. The molecule has 0 unspecified atom stereocenters. The molecule has 0 atom stereocenters. The largest absolute Gasteiger partial charge is 0.298 e. The third-order valence-corrected chi connectivity index (χ3v) is 2.09. The van der Waals surface area contributed by atoms with E-state index in [4.69, 9.17) is 0 Å². The average Bonchev–Trinajstić information content (AvgIpc) is 2.00. The van der Waals surface area contributed by atoms with Gasteiger partial charge >= 0.3 is 0 Å². The maximum atomic E-state index is 11.2. The van der Waals surface area contributed by atoms with Gasteiger partial charge in [0.1, 0.15) is 5.41 Å². The molecule has 0 N–H and O–H groups in total. The maximum absolute atomic E-state index is 11.2. The van der Waals surface area contributed by atoms with Crippen molar-refractivity contribution in [3.63, 3.8) is 0 Å². The van der Waals surface area contributed by atoms with E-state index in [1.807, 2.05) is 0 Å². The van der Waals surface area contributed by atoms with Crippen molar-refractivity contribution in [3.05, 3.63) is 12.7 Å². The van der Waals surface area contributed by atoms with Gasteiger partial charge in [-0.1, -0.05) is 6.58 Å². The topological polar surface area (TPSA) is 51.2 Å². The fourth-order valence-electron chi connectivity index (χ4n) is 0.799. The van der Waals surface area contributed by atoms with Gasteiger partial charge in [-0.05, 0) is 26.8 Å². The molecule has 12 heavy (non-hydrogen) atoms. The van der Waals surface area contributed by atoms with Gasteiger partial charge in [0, 0.05) is 0 Å². The molecule has 0 heterocycles. The molecule has 3 heteroatoms. The van der Waals surface area contributed by atoms with Crippen LogP contribution in [0.3, 0.4) is 0 Å². The number of ketones is 3. The van der Waals surface area contributed by atoms with Crippen molar-refractivity contribution in [1.29, 1.82) is 0 Å². The minimum absolute atomic E-state index is 0.445. The summed E-state index contributed by atoms with van der Waals surface area (Å²) in [5.74, 6) is -1.43. The van der Waals surface area contributed by atoms with Gasteiger partial charge < -0.3 is 0 Å². The lowest BCUT2D eigenvalue weighted by Crippen LogP contribution is -2.40. The minimum Gasteiger partial charge on any atom is -0.298 e. The second kappa shape index (κ2) is 3.43. The van der Waals surface area contributed by atoms with Crippen molar-refractivity contribution in [2.45, 2.75) is 20.8 Å². The first-order chi connectivity index (χ1) is 5.37. The molecular formula is C9H12O3. The van der Waals surface area contributed by atoms with Gasteiger partial charge in [0.2, 0.25) is 0 Å². The van der Waals surface area contributed by atoms with Gasteiger partial charge in [-0.3, -0.25) is 14.4 Å². The standard InChI is InChI=1S/C9H12O3/c1-5-8(12)9(4,6(2)10)7(3)11/h5H,1H2,2-4H3. The van der Waals surface area contributed by atoms with Crippen LogP contribution in [0, 0.1) is 5.41 Å². The monoisotopic (exact) mass is 168 g/mol. The summed E-state index contributed by atoms with van der Waals surface area (Å²) >= 11 is 0. The van der Waals surface area contributed by atoms with Crippen LogP contribution >= 0.6 is 0 Å². The summed E-state index contributed by atoms with van der Waals surface area (Å²) in [6.45, 7) is 7.01. The van der Waals surface area contributed by atoms with E-state index in [1.54, 1.807) is 0 Å². The van der Waals surface area contributed by atoms with E-state index in [9.17, 15) is 14.4 Å². The number of Topliss-reactive ketones (excluding diaryl/α,β-unsaturated/α-hetero) is 2. The predicted octanol–water partition coefficient (Wildman–Crippen LogP) is 0.926. The molecule has 66 valence electrons. The Hall–Kier alpha value is -1.25. The van der Waals surface area contributed by atoms with Crippen LogP contribution in [0.25, 0.3) is 0 Å². The summed E-state index contributed by atoms with van der Waals surface area (Å²) in [6, 6.07) is 0. The molecule has 0 rings (SSSR count). The van der Waals surface area contributed by atoms with Gasteiger partial charge in [-0.25, -0.2) is 0 Å². The van der Waals surface area contributed by atoms with Crippen molar-refractivity contribution in [2.75, 3.05) is 0 Å². The molecule has 0 amide bonds. The highest BCUT2D eigenvalue weighted by molar-refractivity contribution is 6.25. The van der Waals surface area contributed by atoms with Crippen LogP contribution in [-0.2, 0) is 14.4 Å². The Morgan fingerprint density at radius 2 is 1.50 bits per heavy atom. The van der Waals surface area contributed by atoms with Gasteiger partial charge in [0.15, 0.2) is 17.3 Å². The van der Waals surface area contributed by atoms with Crippen molar-refractivity contribution in [2.24, 2.45) is 5.41 Å². The molecule has 0 aliphatic carbocycles. The molecule has 0 aromatic carbocycles. The van der Waals surface area contributed by atoms with Crippen LogP contribution in [0.4, 0.5) is 0 Å². The summed E-state index contributed by atoms with van der Waals surface area (Å²) in [7, 11) is 0. The molecule has 0 aromatic heterocycles. The van der Waals surface area contributed by atoms with E-state index >= 15 is 0 Å². The molecule has 0 aliphatic heterocycles. The summed E-state index contributed by atoms with van der Waals surface area (Å²) in [6.07, 6.45) is 1.00. The second-order valence-electron chi connectivity index (χ2n) is 2.81. The van der Waals surface area contributed by atoms with Crippen LogP contribution in [0.15, 0.2) is 12.7 Å². The van der Waals surface area contributed by atoms with E-state index in [2.05, 4.69) is 6.58 Å². The summed E-state index contributed by atoms with van der Waals surface area (Å²) in [4.78, 5) is 33.2. The molecule has 0 spiro atoms. The lowest BCUT2D eigenvalue weighted by atomic mass is 9.78. The third-order valence-electron chi connectivity index (χ3n) is 2.09. The Kier molecular flexibility index (Phi) is 3.07. The van der Waals surface area contributed by atoms with Crippen molar-refractivity contribution < 1.29 is 14.4 Å². The zero-order valence-corrected chi connectivity index (χ0v) is 7.51. The lowest BCUT2D eigenvalue weighted by Gasteiger charge is -2.19. The van der Waals surface area contributed by atoms with Crippen LogP contribution in [-0.4, -0.2) is 17.3 Å². The Morgan fingerprint density at radius 1 is 1.17 bits per heavy atom. The van der Waals surface area contributed by atoms with Crippen molar-refractivity contribution >= 4 is 17.3 Å². The Morgan fingerprint density at radius 3 is 1.58 bits per heavy atom. The van der Waals surface area contributed by atoms with Gasteiger partial charge in [0.05, 0.1) is 0 Å². The Balaban J connectivity index is 5.14. The number of hydrogen-bond acceptors (Lipinski definition) is 3. The van der Waals surface area contributed by atoms with Crippen LogP contribution in [0.2, 0.25) is 0 Å². The van der Waals surface area contributed by atoms with Gasteiger partial charge in [-0.15, -0.1) is 0 Å². The minimum atomic E-state index is -1.53. The van der Waals surface area contributed by atoms with Crippen LogP contribution < -0.4 is 0 Å². The number of hydrogen-bond donors (Lipinski definition) is 0. The van der Waals surface area contributed by atoms with Crippen molar-refractivity contribution in [1.82, 2.24) is 0 Å². The number of allylic oxidation sites excluding steroid dienone is 1. The Bertz CT molecular complexity index is 236. The zero-order valence-electron chi connectivity index (χ0n) is 7.51. The highest BCUT2D eigenvalue weighted by Crippen LogP contribution is 2.20. The van der Waals surface area contributed by atoms with Gasteiger partial charge in [0.25, 0.3) is 0 Å². The molecule has 0 aliphatic rings. The predicted molar refractivity (Wildman–Crippen MR) is 44.7 cm³/mol. The fourth-order valence-corrected chi connectivity index (χ4v) is 0.799. The van der Waals surface area contributed by atoms with E-state index < -0.39 is 22.8 Å². The molecular weight excluding hydrogens is 156 g/mol. The highest BCUT2D eigenvalue weighted by atomic mass is 16.2. The third kappa shape index (κ3) is 1.49. The van der Waals surface area contributed by atoms with Crippen LogP contribution in [0.1, 0.15) is 20.8 Å². The van der Waals surface area contributed by atoms with E-state index in [1.165, 1.54) is 20.8 Å². The first-order valence-corrected chi connectivity index (χ1v) is 3.56. The molecule has 3 nitrogen and oxygen atoms in total. The second-order valence-corrected chi connectivity index (χ2v) is 2.81. The van der Waals surface area contributed by atoms with E-state index in [-0.39, 0.29) is 0 Å². The molecule has 0 aromatic rings. The number of carbonyl (C=O) groups excluding carboxylic acids is 3. The molecule has 0 fully saturated rings. The lowest BCUT2D eigenvalue weighted by molar-refractivity contribution is -0.143. The SMILES string of the molecule is C=CC(=O)C(C)(C(C)=O)C(C)=O. The van der Waals surface area contributed by atoms with E-state index in [0.29, 0.717) is 0 Å². The van der Waals surface area contributed by atoms with Crippen LogP contribution in [0.5, 0.6) is 0 Å². The molecule has 0 radical (unpaired) electrons. The molecule has 0 saturated heterocycles. The fraction of sp³-hybridized carbons (Fsp3) is 0.444. The highest BCUT2D eigenvalue weighted by Gasteiger charge is 2.40. The summed E-state index contributed by atoms with van der Waals surface area (Å²) < 4.78 is 0. The van der Waals surface area contributed by atoms with Gasteiger partial charge in [-0.2, -0.15) is 0 Å².